The molecular formula is C15H13N3O3. The largest absolute Gasteiger partial charge is 0.507 e. The number of phenolic OH excluding ortho intramolecular Hbond substituents is 2. The first-order chi connectivity index (χ1) is 10.2. The normalized spacial score (nSPS) is 11.0. The van der Waals surface area contributed by atoms with Crippen LogP contribution in [0.5, 0.6) is 11.5 Å². The molecule has 6 nitrogen and oxygen atoms in total. The van der Waals surface area contributed by atoms with Crippen molar-refractivity contribution in [2.24, 2.45) is 10.1 Å². The summed E-state index contributed by atoms with van der Waals surface area (Å²) < 4.78 is 0. The third-order valence-electron chi connectivity index (χ3n) is 2.56. The van der Waals surface area contributed by atoms with E-state index in [4.69, 9.17) is 0 Å². The van der Waals surface area contributed by atoms with Crippen molar-refractivity contribution in [2.45, 2.75) is 0 Å². The van der Waals surface area contributed by atoms with Crippen LogP contribution in [0.25, 0.3) is 0 Å². The third kappa shape index (κ3) is 4.17. The molecule has 0 fully saturated rings. The van der Waals surface area contributed by atoms with E-state index in [1.165, 1.54) is 24.6 Å². The second kappa shape index (κ2) is 6.85. The second-order valence-corrected chi connectivity index (χ2v) is 4.05. The van der Waals surface area contributed by atoms with Crippen molar-refractivity contribution in [2.75, 3.05) is 0 Å². The van der Waals surface area contributed by atoms with Gasteiger partial charge in [0.2, 0.25) is 0 Å². The first-order valence-electron chi connectivity index (χ1n) is 6.10. The van der Waals surface area contributed by atoms with Crippen LogP contribution in [0.15, 0.2) is 58.6 Å². The lowest BCUT2D eigenvalue weighted by molar-refractivity contribution is 0.250. The molecule has 0 aromatic heterocycles. The average molecular weight is 283 g/mol. The molecule has 2 aromatic rings. The number of aliphatic imine (C=N–C) groups is 1. The van der Waals surface area contributed by atoms with E-state index in [1.54, 1.807) is 36.4 Å². The van der Waals surface area contributed by atoms with Gasteiger partial charge in [-0.15, -0.1) is 0 Å². The quantitative estimate of drug-likeness (QED) is 0.595. The highest BCUT2D eigenvalue weighted by Crippen LogP contribution is 2.13. The number of para-hydroxylation sites is 2. The highest BCUT2D eigenvalue weighted by molar-refractivity contribution is 5.93. The van der Waals surface area contributed by atoms with Gasteiger partial charge in [0.05, 0.1) is 6.21 Å². The molecule has 0 aliphatic heterocycles. The lowest BCUT2D eigenvalue weighted by Gasteiger charge is -1.97. The number of hydrazone groups is 1. The van der Waals surface area contributed by atoms with Crippen molar-refractivity contribution in [3.63, 3.8) is 0 Å². The minimum absolute atomic E-state index is 0.0340. The number of hydrogen-bond donors (Lipinski definition) is 3. The van der Waals surface area contributed by atoms with E-state index in [-0.39, 0.29) is 11.5 Å². The van der Waals surface area contributed by atoms with Crippen LogP contribution < -0.4 is 5.43 Å². The van der Waals surface area contributed by atoms with E-state index in [0.717, 1.165) is 0 Å². The van der Waals surface area contributed by atoms with Gasteiger partial charge in [-0.3, -0.25) is 0 Å². The molecule has 0 aliphatic carbocycles. The molecule has 0 radical (unpaired) electrons. The topological polar surface area (TPSA) is 94.3 Å². The van der Waals surface area contributed by atoms with Crippen LogP contribution in [-0.2, 0) is 0 Å². The maximum Gasteiger partial charge on any atom is 0.361 e. The summed E-state index contributed by atoms with van der Waals surface area (Å²) in [5.41, 5.74) is 3.09. The van der Waals surface area contributed by atoms with Crippen LogP contribution in [0.1, 0.15) is 11.1 Å². The van der Waals surface area contributed by atoms with Gasteiger partial charge in [0, 0.05) is 17.3 Å². The summed E-state index contributed by atoms with van der Waals surface area (Å²) >= 11 is 0. The maximum absolute atomic E-state index is 11.4. The maximum atomic E-state index is 11.4. The van der Waals surface area contributed by atoms with E-state index in [1.807, 2.05) is 0 Å². The van der Waals surface area contributed by atoms with E-state index >= 15 is 0 Å². The zero-order chi connectivity index (χ0) is 15.1. The number of nitrogens with one attached hydrogen (secondary N) is 1. The van der Waals surface area contributed by atoms with Crippen LogP contribution in [0.4, 0.5) is 4.79 Å². The van der Waals surface area contributed by atoms with Gasteiger partial charge in [-0.1, -0.05) is 24.3 Å². The molecule has 2 amide bonds. The minimum atomic E-state index is -0.690. The Balaban J connectivity index is 1.94. The Bertz CT molecular complexity index is 696. The van der Waals surface area contributed by atoms with Crippen LogP contribution in [-0.4, -0.2) is 28.7 Å². The summed E-state index contributed by atoms with van der Waals surface area (Å²) in [6, 6.07) is 12.4. The molecule has 0 spiro atoms. The zero-order valence-corrected chi connectivity index (χ0v) is 11.0. The lowest BCUT2D eigenvalue weighted by Crippen LogP contribution is -2.13. The fourth-order valence-corrected chi connectivity index (χ4v) is 1.51. The summed E-state index contributed by atoms with van der Waals surface area (Å²) in [5, 5.41) is 22.7. The SMILES string of the molecule is O=C(N=Cc1ccccc1O)NN=Cc1ccccc1O. The summed E-state index contributed by atoms with van der Waals surface area (Å²) in [6.45, 7) is 0. The average Bonchev–Trinajstić information content (AvgIpc) is 2.48. The van der Waals surface area contributed by atoms with E-state index in [2.05, 4.69) is 15.5 Å². The molecule has 0 bridgehead atoms. The van der Waals surface area contributed by atoms with Gasteiger partial charge in [0.1, 0.15) is 11.5 Å². The number of hydrogen-bond acceptors (Lipinski definition) is 4. The minimum Gasteiger partial charge on any atom is -0.507 e. The molecule has 0 unspecified atom stereocenters. The molecule has 0 aliphatic rings. The van der Waals surface area contributed by atoms with Crippen LogP contribution >= 0.6 is 0 Å². The molecule has 2 aromatic carbocycles. The smallest absolute Gasteiger partial charge is 0.361 e. The van der Waals surface area contributed by atoms with Gasteiger partial charge in [-0.2, -0.15) is 10.1 Å². The highest BCUT2D eigenvalue weighted by atomic mass is 16.3. The fourth-order valence-electron chi connectivity index (χ4n) is 1.51. The van der Waals surface area contributed by atoms with E-state index in [9.17, 15) is 15.0 Å². The number of aromatic hydroxyl groups is 2. The predicted octanol–water partition coefficient (Wildman–Crippen LogP) is 2.26. The number of carbonyl (C=O) groups excluding carboxylic acids is 1. The number of urea groups is 1. The Kier molecular flexibility index (Phi) is 4.66. The van der Waals surface area contributed by atoms with Crippen molar-refractivity contribution in [3.8, 4) is 11.5 Å². The molecule has 6 heteroatoms. The van der Waals surface area contributed by atoms with E-state index in [0.29, 0.717) is 11.1 Å². The standard InChI is InChI=1S/C15H13N3O3/c19-13-7-3-1-5-11(13)9-16-15(21)18-17-10-12-6-2-4-8-14(12)20/h1-10,19-20H,(H,18,21). The Morgan fingerprint density at radius 2 is 1.43 bits per heavy atom. The first kappa shape index (κ1) is 14.3. The monoisotopic (exact) mass is 283 g/mol. The van der Waals surface area contributed by atoms with Crippen molar-refractivity contribution < 1.29 is 15.0 Å². The summed E-state index contributed by atoms with van der Waals surface area (Å²) in [4.78, 5) is 15.0. The molecule has 106 valence electrons. The number of phenols is 2. The summed E-state index contributed by atoms with van der Waals surface area (Å²) in [7, 11) is 0. The van der Waals surface area contributed by atoms with Crippen LogP contribution in [0.3, 0.4) is 0 Å². The first-order valence-corrected chi connectivity index (χ1v) is 6.10. The van der Waals surface area contributed by atoms with Gasteiger partial charge in [0.25, 0.3) is 0 Å². The molecule has 3 N–H and O–H groups in total. The molecular weight excluding hydrogens is 270 g/mol. The van der Waals surface area contributed by atoms with Gasteiger partial charge < -0.3 is 10.2 Å². The van der Waals surface area contributed by atoms with Crippen molar-refractivity contribution >= 4 is 18.5 Å². The molecule has 0 atom stereocenters. The second-order valence-electron chi connectivity index (χ2n) is 4.05. The molecule has 0 saturated carbocycles. The van der Waals surface area contributed by atoms with Gasteiger partial charge in [-0.25, -0.2) is 10.2 Å². The third-order valence-corrected chi connectivity index (χ3v) is 2.56. The summed E-state index contributed by atoms with van der Waals surface area (Å²) in [5.74, 6) is 0.0972. The van der Waals surface area contributed by atoms with Gasteiger partial charge in [-0.05, 0) is 24.3 Å². The molecule has 2 rings (SSSR count). The molecule has 0 saturated heterocycles. The Hall–Kier alpha value is -3.15. The number of amides is 2. The van der Waals surface area contributed by atoms with Crippen LogP contribution in [0.2, 0.25) is 0 Å². The Labute approximate surface area is 121 Å². The summed E-state index contributed by atoms with van der Waals surface area (Å²) in [6.07, 6.45) is 2.54. The number of carbonyl (C=O) groups is 1. The zero-order valence-electron chi connectivity index (χ0n) is 11.0. The van der Waals surface area contributed by atoms with E-state index < -0.39 is 6.03 Å². The fraction of sp³-hybridized carbons (Fsp3) is 0. The molecule has 21 heavy (non-hydrogen) atoms. The number of rotatable bonds is 3. The van der Waals surface area contributed by atoms with Crippen molar-refractivity contribution in [1.29, 1.82) is 0 Å². The Morgan fingerprint density at radius 1 is 0.905 bits per heavy atom. The molecule has 0 heterocycles. The van der Waals surface area contributed by atoms with Crippen LogP contribution in [0, 0.1) is 0 Å². The lowest BCUT2D eigenvalue weighted by atomic mass is 10.2. The highest BCUT2D eigenvalue weighted by Gasteiger charge is 1.98. The predicted molar refractivity (Wildman–Crippen MR) is 79.9 cm³/mol. The van der Waals surface area contributed by atoms with Crippen molar-refractivity contribution in [3.05, 3.63) is 59.7 Å². The van der Waals surface area contributed by atoms with Gasteiger partial charge in [0.15, 0.2) is 0 Å². The van der Waals surface area contributed by atoms with Gasteiger partial charge >= 0.3 is 6.03 Å². The number of benzene rings is 2. The Morgan fingerprint density at radius 3 is 2.00 bits per heavy atom. The van der Waals surface area contributed by atoms with Crippen molar-refractivity contribution in [1.82, 2.24) is 5.43 Å². The number of nitrogens with zero attached hydrogens (tertiary/aromatic N) is 2.